The second-order valence-electron chi connectivity index (χ2n) is 4.89. The minimum atomic E-state index is -1.41. The molecule has 0 aromatic heterocycles. The van der Waals surface area contributed by atoms with E-state index in [4.69, 9.17) is 4.74 Å². The van der Waals surface area contributed by atoms with Gasteiger partial charge in [0.1, 0.15) is 0 Å². The summed E-state index contributed by atoms with van der Waals surface area (Å²) >= 11 is 0. The molecule has 0 aliphatic heterocycles. The molecule has 0 fully saturated rings. The molecule has 0 radical (unpaired) electrons. The van der Waals surface area contributed by atoms with Crippen LogP contribution in [0.25, 0.3) is 0 Å². The number of hydrogen-bond acceptors (Lipinski definition) is 2. The number of nitrogens with one attached hydrogen (secondary N) is 1. The highest BCUT2D eigenvalue weighted by Gasteiger charge is 2.20. The molecule has 20 heavy (non-hydrogen) atoms. The SMILES string of the molecule is CCCNC(CCC(C)OC)c1ccc(F)c(F)c1F. The Kier molecular flexibility index (Phi) is 7.02. The Balaban J connectivity index is 2.89. The van der Waals surface area contributed by atoms with E-state index in [1.54, 1.807) is 7.11 Å². The molecule has 0 amide bonds. The normalized spacial score (nSPS) is 14.3. The quantitative estimate of drug-likeness (QED) is 0.731. The van der Waals surface area contributed by atoms with Gasteiger partial charge in [0.05, 0.1) is 6.10 Å². The van der Waals surface area contributed by atoms with E-state index in [1.807, 2.05) is 13.8 Å². The molecule has 2 unspecified atom stereocenters. The van der Waals surface area contributed by atoms with E-state index < -0.39 is 17.5 Å². The topological polar surface area (TPSA) is 21.3 Å². The third-order valence-electron chi connectivity index (χ3n) is 3.35. The van der Waals surface area contributed by atoms with Crippen molar-refractivity contribution in [2.24, 2.45) is 0 Å². The Morgan fingerprint density at radius 1 is 1.15 bits per heavy atom. The summed E-state index contributed by atoms with van der Waals surface area (Å²) in [5.41, 5.74) is 0.167. The number of ether oxygens (including phenoxy) is 1. The molecular weight excluding hydrogens is 267 g/mol. The lowest BCUT2D eigenvalue weighted by Gasteiger charge is -2.21. The summed E-state index contributed by atoms with van der Waals surface area (Å²) < 4.78 is 45.3. The van der Waals surface area contributed by atoms with Gasteiger partial charge in [-0.25, -0.2) is 13.2 Å². The molecule has 2 atom stereocenters. The van der Waals surface area contributed by atoms with Crippen molar-refractivity contribution >= 4 is 0 Å². The maximum Gasteiger partial charge on any atom is 0.194 e. The monoisotopic (exact) mass is 289 g/mol. The van der Waals surface area contributed by atoms with Crippen LogP contribution in [-0.4, -0.2) is 19.8 Å². The Labute approximate surface area is 118 Å². The predicted molar refractivity (Wildman–Crippen MR) is 73.1 cm³/mol. The van der Waals surface area contributed by atoms with Gasteiger partial charge < -0.3 is 10.1 Å². The third kappa shape index (κ3) is 4.49. The standard InChI is InChI=1S/C15H22F3NO/c1-4-9-19-13(8-5-10(2)20-3)11-6-7-12(16)15(18)14(11)17/h6-7,10,13,19H,4-5,8-9H2,1-3H3. The van der Waals surface area contributed by atoms with Crippen LogP contribution in [0.3, 0.4) is 0 Å². The minimum Gasteiger partial charge on any atom is -0.382 e. The average Bonchev–Trinajstić information content (AvgIpc) is 2.45. The minimum absolute atomic E-state index is 0.0364. The summed E-state index contributed by atoms with van der Waals surface area (Å²) in [6.07, 6.45) is 2.21. The number of methoxy groups -OCH3 is 1. The number of halogens is 3. The first-order valence-corrected chi connectivity index (χ1v) is 6.90. The van der Waals surface area contributed by atoms with Gasteiger partial charge in [-0.15, -0.1) is 0 Å². The van der Waals surface area contributed by atoms with E-state index in [2.05, 4.69) is 5.32 Å². The van der Waals surface area contributed by atoms with Crippen molar-refractivity contribution in [3.63, 3.8) is 0 Å². The molecule has 0 saturated heterocycles. The maximum absolute atomic E-state index is 13.9. The fourth-order valence-corrected chi connectivity index (χ4v) is 2.02. The maximum atomic E-state index is 13.9. The molecule has 1 aromatic rings. The highest BCUT2D eigenvalue weighted by molar-refractivity contribution is 5.23. The molecule has 5 heteroatoms. The second kappa shape index (κ2) is 8.27. The van der Waals surface area contributed by atoms with Crippen LogP contribution >= 0.6 is 0 Å². The molecule has 0 aliphatic rings. The van der Waals surface area contributed by atoms with E-state index in [1.165, 1.54) is 6.07 Å². The van der Waals surface area contributed by atoms with E-state index >= 15 is 0 Å². The Morgan fingerprint density at radius 3 is 2.45 bits per heavy atom. The fraction of sp³-hybridized carbons (Fsp3) is 0.600. The van der Waals surface area contributed by atoms with Crippen LogP contribution in [0, 0.1) is 17.5 Å². The van der Waals surface area contributed by atoms with Crippen LogP contribution in [0.15, 0.2) is 12.1 Å². The van der Waals surface area contributed by atoms with Gasteiger partial charge in [-0.3, -0.25) is 0 Å². The summed E-state index contributed by atoms with van der Waals surface area (Å²) in [4.78, 5) is 0. The summed E-state index contributed by atoms with van der Waals surface area (Å²) in [5, 5.41) is 3.17. The number of hydrogen-bond donors (Lipinski definition) is 1. The van der Waals surface area contributed by atoms with Crippen LogP contribution in [0.4, 0.5) is 13.2 Å². The van der Waals surface area contributed by atoms with Crippen LogP contribution in [0.1, 0.15) is 44.7 Å². The lowest BCUT2D eigenvalue weighted by atomic mass is 9.99. The van der Waals surface area contributed by atoms with Crippen molar-refractivity contribution in [1.29, 1.82) is 0 Å². The van der Waals surface area contributed by atoms with Gasteiger partial charge in [0, 0.05) is 18.7 Å². The van der Waals surface area contributed by atoms with Crippen molar-refractivity contribution < 1.29 is 17.9 Å². The van der Waals surface area contributed by atoms with Gasteiger partial charge in [-0.05, 0) is 38.8 Å². The van der Waals surface area contributed by atoms with Gasteiger partial charge >= 0.3 is 0 Å². The van der Waals surface area contributed by atoms with Gasteiger partial charge in [-0.2, -0.15) is 0 Å². The molecule has 114 valence electrons. The number of benzene rings is 1. The highest BCUT2D eigenvalue weighted by atomic mass is 19.2. The molecular formula is C15H22F3NO. The molecule has 1 N–H and O–H groups in total. The first-order valence-electron chi connectivity index (χ1n) is 6.90. The molecule has 2 nitrogen and oxygen atoms in total. The average molecular weight is 289 g/mol. The van der Waals surface area contributed by atoms with E-state index in [0.717, 1.165) is 12.5 Å². The van der Waals surface area contributed by atoms with Gasteiger partial charge in [0.25, 0.3) is 0 Å². The van der Waals surface area contributed by atoms with Crippen molar-refractivity contribution in [2.75, 3.05) is 13.7 Å². The summed E-state index contributed by atoms with van der Waals surface area (Å²) in [5.74, 6) is -3.68. The summed E-state index contributed by atoms with van der Waals surface area (Å²) in [6, 6.07) is 1.93. The third-order valence-corrected chi connectivity index (χ3v) is 3.35. The lowest BCUT2D eigenvalue weighted by molar-refractivity contribution is 0.106. The van der Waals surface area contributed by atoms with Crippen LogP contribution in [-0.2, 0) is 4.74 Å². The highest BCUT2D eigenvalue weighted by Crippen LogP contribution is 2.25. The molecule has 0 spiro atoms. The van der Waals surface area contributed by atoms with E-state index in [0.29, 0.717) is 19.4 Å². The molecule has 0 saturated carbocycles. The van der Waals surface area contributed by atoms with Crippen LogP contribution < -0.4 is 5.32 Å². The molecule has 0 heterocycles. The summed E-state index contributed by atoms with van der Waals surface area (Å²) in [6.45, 7) is 4.59. The zero-order chi connectivity index (χ0) is 15.1. The fourth-order valence-electron chi connectivity index (χ4n) is 2.02. The largest absolute Gasteiger partial charge is 0.382 e. The molecule has 1 aromatic carbocycles. The first-order chi connectivity index (χ1) is 9.51. The molecule has 0 aliphatic carbocycles. The smallest absolute Gasteiger partial charge is 0.194 e. The second-order valence-corrected chi connectivity index (χ2v) is 4.89. The first kappa shape index (κ1) is 17.0. The van der Waals surface area contributed by atoms with Gasteiger partial charge in [0.2, 0.25) is 0 Å². The Hall–Kier alpha value is -1.07. The van der Waals surface area contributed by atoms with Crippen molar-refractivity contribution in [2.45, 2.75) is 45.3 Å². The molecule has 0 bridgehead atoms. The lowest BCUT2D eigenvalue weighted by Crippen LogP contribution is -2.25. The van der Waals surface area contributed by atoms with Crippen molar-refractivity contribution in [3.8, 4) is 0 Å². The Bertz CT molecular complexity index is 426. The van der Waals surface area contributed by atoms with Crippen LogP contribution in [0.5, 0.6) is 0 Å². The zero-order valence-electron chi connectivity index (χ0n) is 12.2. The van der Waals surface area contributed by atoms with Crippen LogP contribution in [0.2, 0.25) is 0 Å². The van der Waals surface area contributed by atoms with E-state index in [9.17, 15) is 13.2 Å². The van der Waals surface area contributed by atoms with Gasteiger partial charge in [-0.1, -0.05) is 13.0 Å². The van der Waals surface area contributed by atoms with Crippen molar-refractivity contribution in [3.05, 3.63) is 35.1 Å². The number of rotatable bonds is 8. The summed E-state index contributed by atoms with van der Waals surface area (Å²) in [7, 11) is 1.61. The predicted octanol–water partition coefficient (Wildman–Crippen LogP) is 3.96. The van der Waals surface area contributed by atoms with Crippen molar-refractivity contribution in [1.82, 2.24) is 5.32 Å². The van der Waals surface area contributed by atoms with E-state index in [-0.39, 0.29) is 17.7 Å². The van der Waals surface area contributed by atoms with Gasteiger partial charge in [0.15, 0.2) is 17.5 Å². The molecule has 1 rings (SSSR count). The zero-order valence-corrected chi connectivity index (χ0v) is 12.2. The Morgan fingerprint density at radius 2 is 1.85 bits per heavy atom.